The summed E-state index contributed by atoms with van der Waals surface area (Å²) in [6.07, 6.45) is 1.80. The van der Waals surface area contributed by atoms with Crippen molar-refractivity contribution >= 4 is 22.5 Å². The zero-order chi connectivity index (χ0) is 13.4. The maximum atomic E-state index is 12.1. The number of nitrogens with zero attached hydrogens (tertiary/aromatic N) is 1. The minimum absolute atomic E-state index is 0.0732. The van der Waals surface area contributed by atoms with Gasteiger partial charge in [-0.1, -0.05) is 0 Å². The van der Waals surface area contributed by atoms with Gasteiger partial charge in [-0.3, -0.25) is 9.78 Å². The summed E-state index contributed by atoms with van der Waals surface area (Å²) in [6, 6.07) is 3.54. The highest BCUT2D eigenvalue weighted by molar-refractivity contribution is 6.28. The molecule has 2 heterocycles. The van der Waals surface area contributed by atoms with E-state index in [1.807, 2.05) is 6.07 Å². The van der Waals surface area contributed by atoms with E-state index in [0.717, 1.165) is 18.4 Å². The maximum absolute atomic E-state index is 12.1. The molecule has 0 spiro atoms. The first-order chi connectivity index (χ1) is 9.19. The molecule has 2 aromatic rings. The maximum Gasteiger partial charge on any atom is 0.260 e. The van der Waals surface area contributed by atoms with Gasteiger partial charge in [-0.2, -0.15) is 0 Å². The van der Waals surface area contributed by atoms with Crippen LogP contribution >= 0.6 is 11.6 Å². The Labute approximate surface area is 114 Å². The molecule has 1 aliphatic rings. The number of H-pyrrole nitrogens is 1. The Bertz CT molecular complexity index is 677. The first-order valence-corrected chi connectivity index (χ1v) is 6.46. The number of ether oxygens (including phenoxy) is 2. The molecule has 0 radical (unpaired) electrons. The van der Waals surface area contributed by atoms with E-state index in [0.29, 0.717) is 23.3 Å². The number of fused-ring (bicyclic) bond motifs is 1. The fourth-order valence-electron chi connectivity index (χ4n) is 2.44. The highest BCUT2D eigenvalue weighted by Crippen LogP contribution is 2.34. The molecule has 0 amide bonds. The van der Waals surface area contributed by atoms with Gasteiger partial charge in [0.1, 0.15) is 5.75 Å². The number of benzene rings is 1. The van der Waals surface area contributed by atoms with Crippen molar-refractivity contribution in [3.8, 4) is 5.75 Å². The van der Waals surface area contributed by atoms with Gasteiger partial charge in [-0.05, 0) is 36.1 Å². The summed E-state index contributed by atoms with van der Waals surface area (Å²) in [4.78, 5) is 18.8. The van der Waals surface area contributed by atoms with Crippen molar-refractivity contribution in [2.45, 2.75) is 18.9 Å². The largest absolute Gasteiger partial charge is 0.497 e. The zero-order valence-electron chi connectivity index (χ0n) is 10.4. The van der Waals surface area contributed by atoms with Crippen molar-refractivity contribution in [2.24, 2.45) is 0 Å². The van der Waals surface area contributed by atoms with E-state index >= 15 is 0 Å². The summed E-state index contributed by atoms with van der Waals surface area (Å²) < 4.78 is 10.9. The standard InChI is InChI=1S/C13H13ClN2O3/c1-18-7-5-8(10-3-2-4-19-10)11-9(6-7)15-13(14)16-12(11)17/h5-6,10H,2-4H2,1H3,(H,15,16,17). The smallest absolute Gasteiger partial charge is 0.260 e. The van der Waals surface area contributed by atoms with E-state index in [1.54, 1.807) is 13.2 Å². The minimum atomic E-state index is -0.247. The first kappa shape index (κ1) is 12.4. The van der Waals surface area contributed by atoms with Crippen molar-refractivity contribution in [1.82, 2.24) is 9.97 Å². The SMILES string of the molecule is COc1cc(C2CCCO2)c2c(=O)[nH]c(Cl)nc2c1. The molecule has 5 nitrogen and oxygen atoms in total. The van der Waals surface area contributed by atoms with Crippen molar-refractivity contribution in [1.29, 1.82) is 0 Å². The van der Waals surface area contributed by atoms with Gasteiger partial charge in [0.25, 0.3) is 5.56 Å². The summed E-state index contributed by atoms with van der Waals surface area (Å²) in [6.45, 7) is 0.711. The van der Waals surface area contributed by atoms with Gasteiger partial charge in [0.05, 0.1) is 24.1 Å². The summed E-state index contributed by atoms with van der Waals surface area (Å²) in [5.41, 5.74) is 1.10. The fourth-order valence-corrected chi connectivity index (χ4v) is 2.62. The topological polar surface area (TPSA) is 64.2 Å². The lowest BCUT2D eigenvalue weighted by molar-refractivity contribution is 0.113. The van der Waals surface area contributed by atoms with E-state index in [9.17, 15) is 4.79 Å². The van der Waals surface area contributed by atoms with Gasteiger partial charge < -0.3 is 9.47 Å². The second kappa shape index (κ2) is 4.83. The van der Waals surface area contributed by atoms with Crippen LogP contribution in [0.3, 0.4) is 0 Å². The molecule has 1 saturated heterocycles. The second-order valence-electron chi connectivity index (χ2n) is 4.47. The Morgan fingerprint density at radius 1 is 1.53 bits per heavy atom. The van der Waals surface area contributed by atoms with E-state index in [1.165, 1.54) is 0 Å². The molecule has 100 valence electrons. The van der Waals surface area contributed by atoms with Crippen LogP contribution < -0.4 is 10.3 Å². The highest BCUT2D eigenvalue weighted by Gasteiger charge is 2.23. The van der Waals surface area contributed by atoms with Crippen molar-refractivity contribution in [2.75, 3.05) is 13.7 Å². The number of aromatic amines is 1. The summed E-state index contributed by atoms with van der Waals surface area (Å²) in [7, 11) is 1.58. The molecule has 6 heteroatoms. The molecular weight excluding hydrogens is 268 g/mol. The number of rotatable bonds is 2. The number of aromatic nitrogens is 2. The second-order valence-corrected chi connectivity index (χ2v) is 4.83. The predicted octanol–water partition coefficient (Wildman–Crippen LogP) is 2.44. The number of hydrogen-bond donors (Lipinski definition) is 1. The van der Waals surface area contributed by atoms with Crippen LogP contribution in [-0.2, 0) is 4.74 Å². The molecule has 1 N–H and O–H groups in total. The lowest BCUT2D eigenvalue weighted by atomic mass is 10.0. The Hall–Kier alpha value is -1.59. The van der Waals surface area contributed by atoms with E-state index in [2.05, 4.69) is 9.97 Å². The summed E-state index contributed by atoms with van der Waals surface area (Å²) >= 11 is 5.79. The molecule has 0 aliphatic carbocycles. The van der Waals surface area contributed by atoms with Crippen LogP contribution in [0.2, 0.25) is 5.28 Å². The molecule has 3 rings (SSSR count). The number of hydrogen-bond acceptors (Lipinski definition) is 4. The van der Waals surface area contributed by atoms with Crippen LogP contribution in [0.5, 0.6) is 5.75 Å². The molecule has 1 fully saturated rings. The molecule has 1 aromatic heterocycles. The van der Waals surface area contributed by atoms with Gasteiger partial charge in [0, 0.05) is 12.7 Å². The van der Waals surface area contributed by atoms with E-state index in [-0.39, 0.29) is 16.9 Å². The Kier molecular flexibility index (Phi) is 3.16. The van der Waals surface area contributed by atoms with Crippen LogP contribution in [0.1, 0.15) is 24.5 Å². The Morgan fingerprint density at radius 3 is 3.05 bits per heavy atom. The minimum Gasteiger partial charge on any atom is -0.497 e. The average molecular weight is 281 g/mol. The van der Waals surface area contributed by atoms with Gasteiger partial charge >= 0.3 is 0 Å². The predicted molar refractivity (Wildman–Crippen MR) is 71.9 cm³/mol. The lowest BCUT2D eigenvalue weighted by Gasteiger charge is -2.14. The Morgan fingerprint density at radius 2 is 2.37 bits per heavy atom. The number of halogens is 1. The summed E-state index contributed by atoms with van der Waals surface area (Å²) in [5, 5.41) is 0.598. The highest BCUT2D eigenvalue weighted by atomic mass is 35.5. The number of methoxy groups -OCH3 is 1. The van der Waals surface area contributed by atoms with Gasteiger partial charge in [-0.25, -0.2) is 4.98 Å². The molecular formula is C13H13ClN2O3. The normalized spacial score (nSPS) is 18.9. The molecule has 1 atom stereocenters. The van der Waals surface area contributed by atoms with Crippen LogP contribution in [0.25, 0.3) is 10.9 Å². The third-order valence-electron chi connectivity index (χ3n) is 3.30. The van der Waals surface area contributed by atoms with Gasteiger partial charge in [0.2, 0.25) is 5.28 Å². The van der Waals surface area contributed by atoms with E-state index < -0.39 is 0 Å². The van der Waals surface area contributed by atoms with Crippen LogP contribution in [0.15, 0.2) is 16.9 Å². The van der Waals surface area contributed by atoms with Gasteiger partial charge in [-0.15, -0.1) is 0 Å². The molecule has 1 aromatic carbocycles. The first-order valence-electron chi connectivity index (χ1n) is 6.08. The van der Waals surface area contributed by atoms with Crippen molar-refractivity contribution < 1.29 is 9.47 Å². The van der Waals surface area contributed by atoms with Crippen molar-refractivity contribution in [3.05, 3.63) is 33.3 Å². The van der Waals surface area contributed by atoms with Gasteiger partial charge in [0.15, 0.2) is 0 Å². The molecule has 1 aliphatic heterocycles. The lowest BCUT2D eigenvalue weighted by Crippen LogP contribution is -2.12. The quantitative estimate of drug-likeness (QED) is 0.858. The third-order valence-corrected chi connectivity index (χ3v) is 3.48. The summed E-state index contributed by atoms with van der Waals surface area (Å²) in [5.74, 6) is 0.646. The Balaban J connectivity index is 2.31. The van der Waals surface area contributed by atoms with Crippen molar-refractivity contribution in [3.63, 3.8) is 0 Å². The number of nitrogens with one attached hydrogen (secondary N) is 1. The monoisotopic (exact) mass is 280 g/mol. The molecule has 1 unspecified atom stereocenters. The molecule has 0 bridgehead atoms. The van der Waals surface area contributed by atoms with E-state index in [4.69, 9.17) is 21.1 Å². The van der Waals surface area contributed by atoms with Crippen LogP contribution in [0.4, 0.5) is 0 Å². The van der Waals surface area contributed by atoms with Crippen LogP contribution in [-0.4, -0.2) is 23.7 Å². The fraction of sp³-hybridized carbons (Fsp3) is 0.385. The third kappa shape index (κ3) is 2.19. The molecule has 0 saturated carbocycles. The average Bonchev–Trinajstić information content (AvgIpc) is 2.90. The van der Waals surface area contributed by atoms with Crippen LogP contribution in [0, 0.1) is 0 Å². The molecule has 19 heavy (non-hydrogen) atoms. The zero-order valence-corrected chi connectivity index (χ0v) is 11.2.